The predicted molar refractivity (Wildman–Crippen MR) is 78.3 cm³/mol. The van der Waals surface area contributed by atoms with E-state index >= 15 is 0 Å². The van der Waals surface area contributed by atoms with Crippen LogP contribution in [0.1, 0.15) is 11.1 Å². The highest BCUT2D eigenvalue weighted by Gasteiger charge is 2.06. The van der Waals surface area contributed by atoms with Gasteiger partial charge >= 0.3 is 0 Å². The molecule has 0 saturated heterocycles. The molecule has 2 aromatic rings. The van der Waals surface area contributed by atoms with E-state index in [2.05, 4.69) is 5.16 Å². The molecule has 0 aromatic heterocycles. The first-order chi connectivity index (χ1) is 10.1. The maximum Gasteiger partial charge on any atom is 0.269 e. The van der Waals surface area contributed by atoms with Gasteiger partial charge in [-0.1, -0.05) is 16.8 Å². The van der Waals surface area contributed by atoms with Crippen molar-refractivity contribution < 1.29 is 14.9 Å². The number of oxime groups is 1. The number of nitro groups is 1. The Morgan fingerprint density at radius 3 is 2.62 bits per heavy atom. The van der Waals surface area contributed by atoms with Crippen molar-refractivity contribution in [2.24, 2.45) is 5.16 Å². The molecule has 0 saturated carbocycles. The Morgan fingerprint density at radius 2 is 2.00 bits per heavy atom. The van der Waals surface area contributed by atoms with Gasteiger partial charge < -0.3 is 9.94 Å². The van der Waals surface area contributed by atoms with Crippen LogP contribution >= 0.6 is 11.6 Å². The third-order valence-electron chi connectivity index (χ3n) is 2.71. The largest absolute Gasteiger partial charge is 0.488 e. The molecule has 0 unspecified atom stereocenters. The molecule has 0 radical (unpaired) electrons. The number of nitrogens with zero attached hydrogens (tertiary/aromatic N) is 2. The number of halogens is 1. The number of rotatable bonds is 5. The summed E-state index contributed by atoms with van der Waals surface area (Å²) < 4.78 is 5.60. The molecule has 0 spiro atoms. The average molecular weight is 307 g/mol. The molecule has 0 amide bonds. The van der Waals surface area contributed by atoms with E-state index in [1.165, 1.54) is 18.3 Å². The summed E-state index contributed by atoms with van der Waals surface area (Å²) in [5.41, 5.74) is 1.34. The summed E-state index contributed by atoms with van der Waals surface area (Å²) in [6, 6.07) is 11.0. The van der Waals surface area contributed by atoms with Crippen molar-refractivity contribution >= 4 is 23.5 Å². The Morgan fingerprint density at radius 1 is 1.29 bits per heavy atom. The van der Waals surface area contributed by atoms with Gasteiger partial charge in [-0.15, -0.1) is 0 Å². The molecule has 6 nitrogen and oxygen atoms in total. The lowest BCUT2D eigenvalue weighted by molar-refractivity contribution is -0.384. The molecule has 2 rings (SSSR count). The van der Waals surface area contributed by atoms with Gasteiger partial charge in [0.25, 0.3) is 5.69 Å². The fraction of sp³-hybridized carbons (Fsp3) is 0.0714. The van der Waals surface area contributed by atoms with Crippen LogP contribution in [0.4, 0.5) is 5.69 Å². The average Bonchev–Trinajstić information content (AvgIpc) is 2.47. The minimum Gasteiger partial charge on any atom is -0.488 e. The SMILES string of the molecule is O=[N+]([O-])c1ccc(COc2ccc(Cl)cc2/C=N/O)cc1. The normalized spacial score (nSPS) is 10.7. The van der Waals surface area contributed by atoms with Gasteiger partial charge in [0.05, 0.1) is 11.1 Å². The predicted octanol–water partition coefficient (Wildman–Crippen LogP) is 3.64. The Bertz CT molecular complexity index is 671. The lowest BCUT2D eigenvalue weighted by Crippen LogP contribution is -1.99. The van der Waals surface area contributed by atoms with Crippen LogP contribution < -0.4 is 4.74 Å². The van der Waals surface area contributed by atoms with Gasteiger partial charge in [0.15, 0.2) is 0 Å². The van der Waals surface area contributed by atoms with Gasteiger partial charge in [-0.05, 0) is 35.9 Å². The van der Waals surface area contributed by atoms with Crippen molar-refractivity contribution in [3.05, 3.63) is 68.7 Å². The quantitative estimate of drug-likeness (QED) is 0.395. The first-order valence-corrected chi connectivity index (χ1v) is 6.31. The monoisotopic (exact) mass is 306 g/mol. The van der Waals surface area contributed by atoms with Gasteiger partial charge in [-0.25, -0.2) is 0 Å². The maximum atomic E-state index is 10.6. The van der Waals surface area contributed by atoms with E-state index in [4.69, 9.17) is 21.5 Å². The zero-order valence-electron chi connectivity index (χ0n) is 10.8. The summed E-state index contributed by atoms with van der Waals surface area (Å²) in [7, 11) is 0. The molecular formula is C14H11ClN2O4. The van der Waals surface area contributed by atoms with Crippen LogP contribution in [0, 0.1) is 10.1 Å². The second-order valence-corrected chi connectivity index (χ2v) is 4.58. The van der Waals surface area contributed by atoms with Gasteiger partial charge in [-0.3, -0.25) is 10.1 Å². The van der Waals surface area contributed by atoms with Gasteiger partial charge in [-0.2, -0.15) is 0 Å². The third kappa shape index (κ3) is 3.93. The minimum absolute atomic E-state index is 0.0262. The molecule has 0 aliphatic heterocycles. The molecular weight excluding hydrogens is 296 g/mol. The van der Waals surface area contributed by atoms with Crippen LogP contribution in [0.15, 0.2) is 47.6 Å². The van der Waals surface area contributed by atoms with Crippen LogP contribution in [0.2, 0.25) is 5.02 Å². The van der Waals surface area contributed by atoms with Crippen molar-refractivity contribution in [2.45, 2.75) is 6.61 Å². The second-order valence-electron chi connectivity index (χ2n) is 4.14. The number of ether oxygens (including phenoxy) is 1. The number of hydrogen-bond donors (Lipinski definition) is 1. The van der Waals surface area contributed by atoms with E-state index in [1.54, 1.807) is 30.3 Å². The van der Waals surface area contributed by atoms with Crippen LogP contribution in [0.25, 0.3) is 0 Å². The molecule has 21 heavy (non-hydrogen) atoms. The van der Waals surface area contributed by atoms with Crippen molar-refractivity contribution in [2.75, 3.05) is 0 Å². The smallest absolute Gasteiger partial charge is 0.269 e. The maximum absolute atomic E-state index is 10.6. The standard InChI is InChI=1S/C14H11ClN2O4/c15-12-3-6-14(11(7-12)8-16-18)21-9-10-1-4-13(5-2-10)17(19)20/h1-8,18H,9H2/b16-8+. The van der Waals surface area contributed by atoms with E-state index in [-0.39, 0.29) is 12.3 Å². The molecule has 0 fully saturated rings. The summed E-state index contributed by atoms with van der Waals surface area (Å²) in [4.78, 5) is 10.1. The Labute approximate surface area is 125 Å². The van der Waals surface area contributed by atoms with Crippen molar-refractivity contribution in [3.8, 4) is 5.75 Å². The highest BCUT2D eigenvalue weighted by Crippen LogP contribution is 2.23. The van der Waals surface area contributed by atoms with Crippen LogP contribution in [-0.4, -0.2) is 16.3 Å². The van der Waals surface area contributed by atoms with E-state index in [9.17, 15) is 10.1 Å². The Kier molecular flexibility index (Phi) is 4.73. The molecule has 0 atom stereocenters. The first kappa shape index (κ1) is 14.8. The van der Waals surface area contributed by atoms with E-state index in [0.29, 0.717) is 16.3 Å². The van der Waals surface area contributed by atoms with E-state index < -0.39 is 4.92 Å². The Balaban J connectivity index is 2.10. The van der Waals surface area contributed by atoms with Crippen LogP contribution in [0.3, 0.4) is 0 Å². The van der Waals surface area contributed by atoms with Gasteiger partial charge in [0.1, 0.15) is 12.4 Å². The molecule has 0 aliphatic rings. The number of benzene rings is 2. The summed E-state index contributed by atoms with van der Waals surface area (Å²) in [6.07, 6.45) is 1.22. The Hall–Kier alpha value is -2.60. The number of hydrogen-bond acceptors (Lipinski definition) is 5. The van der Waals surface area contributed by atoms with Crippen LogP contribution in [0.5, 0.6) is 5.75 Å². The minimum atomic E-state index is -0.459. The highest BCUT2D eigenvalue weighted by atomic mass is 35.5. The second kappa shape index (κ2) is 6.71. The van der Waals surface area contributed by atoms with E-state index in [0.717, 1.165) is 5.56 Å². The molecule has 0 aliphatic carbocycles. The lowest BCUT2D eigenvalue weighted by Gasteiger charge is -2.09. The van der Waals surface area contributed by atoms with Crippen molar-refractivity contribution in [1.29, 1.82) is 0 Å². The van der Waals surface area contributed by atoms with Crippen LogP contribution in [-0.2, 0) is 6.61 Å². The summed E-state index contributed by atoms with van der Waals surface area (Å²) in [6.45, 7) is 0.228. The topological polar surface area (TPSA) is 85.0 Å². The summed E-state index contributed by atoms with van der Waals surface area (Å²) in [5, 5.41) is 22.6. The molecule has 1 N–H and O–H groups in total. The fourth-order valence-corrected chi connectivity index (χ4v) is 1.87. The molecule has 2 aromatic carbocycles. The van der Waals surface area contributed by atoms with E-state index in [1.807, 2.05) is 0 Å². The molecule has 0 heterocycles. The molecule has 7 heteroatoms. The zero-order valence-corrected chi connectivity index (χ0v) is 11.5. The fourth-order valence-electron chi connectivity index (χ4n) is 1.69. The number of non-ortho nitro benzene ring substituents is 1. The first-order valence-electron chi connectivity index (χ1n) is 5.93. The van der Waals surface area contributed by atoms with Crippen molar-refractivity contribution in [1.82, 2.24) is 0 Å². The zero-order chi connectivity index (χ0) is 15.2. The molecule has 0 bridgehead atoms. The summed E-state index contributed by atoms with van der Waals surface area (Å²) in [5.74, 6) is 0.496. The molecule has 108 valence electrons. The third-order valence-corrected chi connectivity index (χ3v) is 2.95. The van der Waals surface area contributed by atoms with Crippen molar-refractivity contribution in [3.63, 3.8) is 0 Å². The van der Waals surface area contributed by atoms with Gasteiger partial charge in [0, 0.05) is 22.7 Å². The summed E-state index contributed by atoms with van der Waals surface area (Å²) >= 11 is 5.85. The number of nitro benzene ring substituents is 1. The lowest BCUT2D eigenvalue weighted by atomic mass is 10.2. The van der Waals surface area contributed by atoms with Gasteiger partial charge in [0.2, 0.25) is 0 Å². The highest BCUT2D eigenvalue weighted by molar-refractivity contribution is 6.30.